The third-order valence-electron chi connectivity index (χ3n) is 6.70. The van der Waals surface area contributed by atoms with Crippen molar-refractivity contribution in [2.45, 2.75) is 19.9 Å². The predicted octanol–water partition coefficient (Wildman–Crippen LogP) is 3.73. The van der Waals surface area contributed by atoms with Crippen LogP contribution in [0.3, 0.4) is 0 Å². The van der Waals surface area contributed by atoms with E-state index in [1.54, 1.807) is 15.8 Å². The maximum absolute atomic E-state index is 12.1. The molecular weight excluding hydrogens is 496 g/mol. The number of benzene rings is 2. The number of aryl methyl sites for hydroxylation is 2. The van der Waals surface area contributed by atoms with E-state index in [9.17, 15) is 4.79 Å². The Balaban J connectivity index is 1.24. The maximum Gasteiger partial charge on any atom is 0.247 e. The zero-order chi connectivity index (χ0) is 27.1. The molecule has 6 rings (SSSR count). The Hall–Kier alpha value is -5.13. The number of ether oxygens (including phenoxy) is 1. The molecule has 196 valence electrons. The molecule has 1 unspecified atom stereocenters. The van der Waals surface area contributed by atoms with Crippen molar-refractivity contribution in [3.05, 3.63) is 67.1 Å². The Morgan fingerprint density at radius 1 is 1.15 bits per heavy atom. The summed E-state index contributed by atoms with van der Waals surface area (Å²) in [5.74, 6) is 2.35. The summed E-state index contributed by atoms with van der Waals surface area (Å²) in [7, 11) is 1.85. The van der Waals surface area contributed by atoms with Gasteiger partial charge in [-0.2, -0.15) is 0 Å². The van der Waals surface area contributed by atoms with E-state index in [-0.39, 0.29) is 11.9 Å². The molecular formula is C27H26N10O2. The first-order valence-electron chi connectivity index (χ1n) is 12.4. The lowest BCUT2D eigenvalue weighted by Crippen LogP contribution is -2.31. The third-order valence-corrected chi connectivity index (χ3v) is 6.70. The van der Waals surface area contributed by atoms with Crippen molar-refractivity contribution in [3.63, 3.8) is 0 Å². The Morgan fingerprint density at radius 3 is 2.85 bits per heavy atom. The highest BCUT2D eigenvalue weighted by Gasteiger charge is 2.31. The summed E-state index contributed by atoms with van der Waals surface area (Å²) < 4.78 is 7.85. The minimum atomic E-state index is -0.118. The number of carbonyl (C=O) groups excluding carboxylic acids is 1. The molecule has 4 heterocycles. The number of aromatic nitrogens is 7. The number of carbonyl (C=O) groups is 1. The van der Waals surface area contributed by atoms with Crippen LogP contribution < -0.4 is 15.0 Å². The van der Waals surface area contributed by atoms with Crippen LogP contribution in [0.4, 0.5) is 17.5 Å². The van der Waals surface area contributed by atoms with Crippen molar-refractivity contribution in [1.29, 1.82) is 0 Å². The zero-order valence-electron chi connectivity index (χ0n) is 21.7. The molecule has 3 aromatic heterocycles. The van der Waals surface area contributed by atoms with Gasteiger partial charge in [-0.3, -0.25) is 4.79 Å². The van der Waals surface area contributed by atoms with Gasteiger partial charge in [0.25, 0.3) is 0 Å². The number of fused-ring (bicyclic) bond motifs is 2. The summed E-state index contributed by atoms with van der Waals surface area (Å²) in [5.41, 5.74) is 4.65. The molecule has 5 aromatic rings. The van der Waals surface area contributed by atoms with Crippen LogP contribution in [0.2, 0.25) is 0 Å². The number of anilines is 3. The average Bonchev–Trinajstić information content (AvgIpc) is 3.52. The second-order valence-electron chi connectivity index (χ2n) is 9.42. The molecule has 12 heteroatoms. The van der Waals surface area contributed by atoms with Crippen molar-refractivity contribution < 1.29 is 9.53 Å². The minimum absolute atomic E-state index is 0.0530. The fourth-order valence-corrected chi connectivity index (χ4v) is 4.61. The summed E-state index contributed by atoms with van der Waals surface area (Å²) in [4.78, 5) is 33.8. The van der Waals surface area contributed by atoms with Gasteiger partial charge in [-0.05, 0) is 55.8 Å². The number of nitrogens with zero attached hydrogens (tertiary/aromatic N) is 9. The van der Waals surface area contributed by atoms with E-state index in [1.165, 1.54) is 12.4 Å². The summed E-state index contributed by atoms with van der Waals surface area (Å²) in [5, 5.41) is 11.6. The zero-order valence-corrected chi connectivity index (χ0v) is 21.7. The number of rotatable bonds is 6. The second-order valence-corrected chi connectivity index (χ2v) is 9.42. The molecule has 0 spiro atoms. The summed E-state index contributed by atoms with van der Waals surface area (Å²) in [6, 6.07) is 11.6. The van der Waals surface area contributed by atoms with Crippen molar-refractivity contribution in [2.24, 2.45) is 7.05 Å². The van der Waals surface area contributed by atoms with Gasteiger partial charge in [0.2, 0.25) is 11.9 Å². The summed E-state index contributed by atoms with van der Waals surface area (Å²) >= 11 is 0. The van der Waals surface area contributed by atoms with Gasteiger partial charge in [-0.25, -0.2) is 24.6 Å². The lowest BCUT2D eigenvalue weighted by molar-refractivity contribution is -0.125. The van der Waals surface area contributed by atoms with E-state index >= 15 is 0 Å². The fraction of sp³-hybridized carbons (Fsp3) is 0.222. The molecule has 1 aliphatic rings. The molecule has 2 aromatic carbocycles. The van der Waals surface area contributed by atoms with Crippen molar-refractivity contribution >= 4 is 45.4 Å². The number of hydrogen-bond acceptors (Lipinski definition) is 10. The maximum atomic E-state index is 12.1. The van der Waals surface area contributed by atoms with Crippen molar-refractivity contribution in [2.75, 3.05) is 23.4 Å². The van der Waals surface area contributed by atoms with Crippen LogP contribution >= 0.6 is 0 Å². The van der Waals surface area contributed by atoms with Crippen LogP contribution in [0.1, 0.15) is 12.5 Å². The Kier molecular flexibility index (Phi) is 5.98. The largest absolute Gasteiger partial charge is 0.457 e. The quantitative estimate of drug-likeness (QED) is 0.330. The predicted molar refractivity (Wildman–Crippen MR) is 147 cm³/mol. The average molecular weight is 523 g/mol. The highest BCUT2D eigenvalue weighted by Crippen LogP contribution is 2.31. The number of hydrogen-bond donors (Lipinski definition) is 1. The smallest absolute Gasteiger partial charge is 0.247 e. The van der Waals surface area contributed by atoms with Gasteiger partial charge in [0.15, 0.2) is 5.82 Å². The molecule has 1 N–H and O–H groups in total. The van der Waals surface area contributed by atoms with Gasteiger partial charge in [0.1, 0.15) is 34.4 Å². The molecule has 0 aliphatic carbocycles. The van der Waals surface area contributed by atoms with E-state index < -0.39 is 0 Å². The van der Waals surface area contributed by atoms with Crippen LogP contribution in [-0.2, 0) is 11.8 Å². The van der Waals surface area contributed by atoms with Crippen LogP contribution in [0.5, 0.6) is 11.5 Å². The van der Waals surface area contributed by atoms with Crippen LogP contribution in [0, 0.1) is 6.92 Å². The first-order valence-corrected chi connectivity index (χ1v) is 12.4. The van der Waals surface area contributed by atoms with E-state index in [2.05, 4.69) is 37.2 Å². The molecule has 1 saturated heterocycles. The number of amides is 1. The standard InChI is InChI=1S/C27H26N10O2/c1-5-24(38)36-13-17(3)37(15-36)27-28-12-21-25(32-27)26(30-14-29-21)31-18-6-9-23(16(2)10-18)39-19-7-8-22-20(11-19)33-34-35(22)4/h5-12,14,17H,1,13,15H2,2-4H3,(H,29,30,31). The Morgan fingerprint density at radius 2 is 2.03 bits per heavy atom. The number of nitrogens with one attached hydrogen (secondary N) is 1. The highest BCUT2D eigenvalue weighted by molar-refractivity contribution is 5.88. The Bertz CT molecular complexity index is 1730. The summed E-state index contributed by atoms with van der Waals surface area (Å²) in [6.07, 6.45) is 4.47. The van der Waals surface area contributed by atoms with E-state index in [1.807, 2.05) is 62.2 Å². The van der Waals surface area contributed by atoms with Crippen LogP contribution in [0.15, 0.2) is 61.6 Å². The van der Waals surface area contributed by atoms with Gasteiger partial charge in [0, 0.05) is 31.4 Å². The van der Waals surface area contributed by atoms with Gasteiger partial charge >= 0.3 is 0 Å². The fourth-order valence-electron chi connectivity index (χ4n) is 4.61. The van der Waals surface area contributed by atoms with Crippen molar-refractivity contribution in [1.82, 2.24) is 39.8 Å². The van der Waals surface area contributed by atoms with Gasteiger partial charge in [-0.1, -0.05) is 11.8 Å². The molecule has 1 aliphatic heterocycles. The molecule has 1 amide bonds. The molecule has 0 radical (unpaired) electrons. The first-order chi connectivity index (χ1) is 18.9. The van der Waals surface area contributed by atoms with E-state index in [0.717, 1.165) is 28.0 Å². The molecule has 0 bridgehead atoms. The van der Waals surface area contributed by atoms with Gasteiger partial charge < -0.3 is 19.9 Å². The molecule has 0 saturated carbocycles. The third kappa shape index (κ3) is 4.56. The monoisotopic (exact) mass is 522 g/mol. The van der Waals surface area contributed by atoms with E-state index in [4.69, 9.17) is 9.72 Å². The SMILES string of the molecule is C=CC(=O)N1CC(C)N(c2ncc3ncnc(Nc4ccc(Oc5ccc6c(c5)nnn6C)c(C)c4)c3n2)C1. The second kappa shape index (κ2) is 9.63. The van der Waals surface area contributed by atoms with E-state index in [0.29, 0.717) is 41.8 Å². The minimum Gasteiger partial charge on any atom is -0.457 e. The highest BCUT2D eigenvalue weighted by atomic mass is 16.5. The van der Waals surface area contributed by atoms with Crippen LogP contribution in [-0.4, -0.2) is 65.0 Å². The lowest BCUT2D eigenvalue weighted by Gasteiger charge is -2.20. The van der Waals surface area contributed by atoms with Gasteiger partial charge in [-0.15, -0.1) is 5.10 Å². The normalized spacial score (nSPS) is 15.2. The molecule has 12 nitrogen and oxygen atoms in total. The first kappa shape index (κ1) is 24.2. The molecule has 39 heavy (non-hydrogen) atoms. The molecule has 1 fully saturated rings. The topological polar surface area (TPSA) is 127 Å². The Labute approximate surface area is 224 Å². The van der Waals surface area contributed by atoms with Crippen molar-refractivity contribution in [3.8, 4) is 11.5 Å². The molecule has 1 atom stereocenters. The summed E-state index contributed by atoms with van der Waals surface area (Å²) in [6.45, 7) is 8.55. The lowest BCUT2D eigenvalue weighted by atomic mass is 10.2. The van der Waals surface area contributed by atoms with Gasteiger partial charge in [0.05, 0.1) is 18.4 Å². The van der Waals surface area contributed by atoms with Crippen LogP contribution in [0.25, 0.3) is 22.1 Å².